The Kier molecular flexibility index (Phi) is 9.17. The molecule has 0 saturated carbocycles. The second-order valence-electron chi connectivity index (χ2n) is 2.26. The number of rotatable bonds is 5. The zero-order valence-corrected chi connectivity index (χ0v) is 8.20. The van der Waals surface area contributed by atoms with Crippen LogP contribution in [-0.4, -0.2) is 20.3 Å². The first-order chi connectivity index (χ1) is 6.41. The van der Waals surface area contributed by atoms with Crippen molar-refractivity contribution in [2.24, 2.45) is 0 Å². The minimum atomic E-state index is 1.87. The summed E-state index contributed by atoms with van der Waals surface area (Å²) in [7, 11) is 3.74. The standard InChI is InChI=1S/C11H16N2/c1-12-10-8-6-4-3-5-7-9-11-13-2/h3-12H,1-2H3/p+1/b5-3+,6-4+,9-7+,10-8+,13-11?. The molecule has 0 unspecified atom stereocenters. The lowest BCUT2D eigenvalue weighted by molar-refractivity contribution is -0.413. The molecule has 0 spiro atoms. The number of nitrogens with one attached hydrogen (secondary N) is 2. The highest BCUT2D eigenvalue weighted by Gasteiger charge is 1.64. The van der Waals surface area contributed by atoms with Crippen LogP contribution in [0.4, 0.5) is 0 Å². The van der Waals surface area contributed by atoms with Gasteiger partial charge in [-0.25, -0.2) is 0 Å². The van der Waals surface area contributed by atoms with Crippen LogP contribution in [0, 0.1) is 0 Å². The minimum Gasteiger partial charge on any atom is -0.394 e. The Balaban J connectivity index is 3.62. The van der Waals surface area contributed by atoms with Gasteiger partial charge in [-0.05, 0) is 12.3 Å². The van der Waals surface area contributed by atoms with Crippen LogP contribution in [0.15, 0.2) is 48.7 Å². The summed E-state index contributed by atoms with van der Waals surface area (Å²) in [5.41, 5.74) is 0. The van der Waals surface area contributed by atoms with Crippen LogP contribution in [-0.2, 0) is 0 Å². The molecule has 0 rings (SSSR count). The summed E-state index contributed by atoms with van der Waals surface area (Å²) in [6, 6.07) is 0. The van der Waals surface area contributed by atoms with E-state index >= 15 is 0 Å². The van der Waals surface area contributed by atoms with E-state index in [9.17, 15) is 0 Å². The van der Waals surface area contributed by atoms with Crippen molar-refractivity contribution < 1.29 is 4.99 Å². The van der Waals surface area contributed by atoms with Crippen molar-refractivity contribution >= 4 is 6.21 Å². The quantitative estimate of drug-likeness (QED) is 0.454. The Bertz CT molecular complexity index is 232. The Morgan fingerprint density at radius 2 is 1.38 bits per heavy atom. The van der Waals surface area contributed by atoms with Gasteiger partial charge in [-0.3, -0.25) is 4.99 Å². The van der Waals surface area contributed by atoms with Gasteiger partial charge in [0.1, 0.15) is 7.05 Å². The Morgan fingerprint density at radius 1 is 0.846 bits per heavy atom. The third-order valence-electron chi connectivity index (χ3n) is 1.19. The molecule has 0 heterocycles. The highest BCUT2D eigenvalue weighted by Crippen LogP contribution is 1.79. The normalized spacial score (nSPS) is 13.4. The van der Waals surface area contributed by atoms with Crippen LogP contribution in [0.1, 0.15) is 0 Å². The highest BCUT2D eigenvalue weighted by molar-refractivity contribution is 5.65. The summed E-state index contributed by atoms with van der Waals surface area (Å²) < 4.78 is 0. The third kappa shape index (κ3) is 10.4. The fraction of sp³-hybridized carbons (Fsp3) is 0.182. The summed E-state index contributed by atoms with van der Waals surface area (Å²) in [6.07, 6.45) is 17.5. The monoisotopic (exact) mass is 177 g/mol. The zero-order chi connectivity index (χ0) is 9.78. The maximum Gasteiger partial charge on any atom is 0.161 e. The van der Waals surface area contributed by atoms with Crippen molar-refractivity contribution in [3.63, 3.8) is 0 Å². The Hall–Kier alpha value is -1.57. The molecule has 2 nitrogen and oxygen atoms in total. The van der Waals surface area contributed by atoms with Gasteiger partial charge in [0.25, 0.3) is 0 Å². The van der Waals surface area contributed by atoms with Gasteiger partial charge < -0.3 is 5.32 Å². The van der Waals surface area contributed by atoms with E-state index in [0.717, 1.165) is 0 Å². The van der Waals surface area contributed by atoms with Crippen molar-refractivity contribution in [2.75, 3.05) is 14.1 Å². The predicted octanol–water partition coefficient (Wildman–Crippen LogP) is 0.169. The molecule has 0 aromatic carbocycles. The molecule has 2 N–H and O–H groups in total. The van der Waals surface area contributed by atoms with Crippen molar-refractivity contribution in [1.82, 2.24) is 5.32 Å². The lowest BCUT2D eigenvalue weighted by atomic mass is 10.4. The molecule has 0 bridgehead atoms. The number of hydrogen-bond acceptors (Lipinski definition) is 1. The zero-order valence-electron chi connectivity index (χ0n) is 8.20. The Morgan fingerprint density at radius 3 is 1.92 bits per heavy atom. The second kappa shape index (κ2) is 10.4. The topological polar surface area (TPSA) is 26.0 Å². The van der Waals surface area contributed by atoms with Crippen molar-refractivity contribution in [2.45, 2.75) is 0 Å². The first kappa shape index (κ1) is 11.4. The van der Waals surface area contributed by atoms with Crippen LogP contribution in [0.2, 0.25) is 0 Å². The fourth-order valence-corrected chi connectivity index (χ4v) is 0.624. The van der Waals surface area contributed by atoms with E-state index in [1.165, 1.54) is 0 Å². The van der Waals surface area contributed by atoms with Gasteiger partial charge in [0.2, 0.25) is 0 Å². The summed E-state index contributed by atoms with van der Waals surface area (Å²) in [6.45, 7) is 0. The van der Waals surface area contributed by atoms with Crippen LogP contribution in [0.25, 0.3) is 0 Å². The average Bonchev–Trinajstić information content (AvgIpc) is 2.16. The van der Waals surface area contributed by atoms with E-state index in [4.69, 9.17) is 0 Å². The SMILES string of the molecule is CN/C=C/C=C/C=C/C=C/C=[NH+]C. The summed E-state index contributed by atoms with van der Waals surface area (Å²) in [4.78, 5) is 2.90. The highest BCUT2D eigenvalue weighted by atomic mass is 14.8. The van der Waals surface area contributed by atoms with Crippen LogP contribution in [0.5, 0.6) is 0 Å². The average molecular weight is 177 g/mol. The summed E-state index contributed by atoms with van der Waals surface area (Å²) >= 11 is 0. The molecule has 0 aromatic rings. The molecule has 13 heavy (non-hydrogen) atoms. The van der Waals surface area contributed by atoms with Gasteiger partial charge in [-0.15, -0.1) is 0 Å². The van der Waals surface area contributed by atoms with Gasteiger partial charge in [0.15, 0.2) is 6.21 Å². The summed E-state index contributed by atoms with van der Waals surface area (Å²) in [5, 5.41) is 2.90. The molecule has 0 radical (unpaired) electrons. The smallest absolute Gasteiger partial charge is 0.161 e. The molecule has 0 aliphatic carbocycles. The molecule has 0 aliphatic rings. The van der Waals surface area contributed by atoms with Gasteiger partial charge in [0, 0.05) is 13.1 Å². The van der Waals surface area contributed by atoms with Gasteiger partial charge in [-0.1, -0.05) is 30.4 Å². The molecule has 0 amide bonds. The second-order valence-corrected chi connectivity index (χ2v) is 2.26. The van der Waals surface area contributed by atoms with E-state index in [1.807, 2.05) is 69.0 Å². The lowest BCUT2D eigenvalue weighted by Crippen LogP contribution is -2.62. The molecule has 0 saturated heterocycles. The Labute approximate surface area is 80.1 Å². The number of hydrogen-bond donors (Lipinski definition) is 2. The van der Waals surface area contributed by atoms with Gasteiger partial charge in [-0.2, -0.15) is 0 Å². The third-order valence-corrected chi connectivity index (χ3v) is 1.19. The van der Waals surface area contributed by atoms with Crippen LogP contribution < -0.4 is 10.3 Å². The first-order valence-corrected chi connectivity index (χ1v) is 4.24. The molecule has 0 aliphatic heterocycles. The van der Waals surface area contributed by atoms with E-state index < -0.39 is 0 Å². The maximum atomic E-state index is 2.90. The molecule has 0 atom stereocenters. The van der Waals surface area contributed by atoms with E-state index in [-0.39, 0.29) is 0 Å². The largest absolute Gasteiger partial charge is 0.394 e. The van der Waals surface area contributed by atoms with Gasteiger partial charge in [0.05, 0.1) is 0 Å². The number of allylic oxidation sites excluding steroid dienone is 7. The van der Waals surface area contributed by atoms with Crippen molar-refractivity contribution in [3.8, 4) is 0 Å². The van der Waals surface area contributed by atoms with Crippen molar-refractivity contribution in [3.05, 3.63) is 48.7 Å². The summed E-state index contributed by atoms with van der Waals surface area (Å²) in [5.74, 6) is 0. The minimum absolute atomic E-state index is 1.87. The van der Waals surface area contributed by atoms with Crippen LogP contribution in [0.3, 0.4) is 0 Å². The maximum absolute atomic E-state index is 2.90. The molecule has 0 aromatic heterocycles. The predicted molar refractivity (Wildman–Crippen MR) is 58.6 cm³/mol. The van der Waals surface area contributed by atoms with E-state index in [1.54, 1.807) is 0 Å². The molecule has 70 valence electrons. The molecular weight excluding hydrogens is 160 g/mol. The van der Waals surface area contributed by atoms with E-state index in [0.29, 0.717) is 0 Å². The van der Waals surface area contributed by atoms with Crippen LogP contribution >= 0.6 is 0 Å². The first-order valence-electron chi connectivity index (χ1n) is 4.24. The van der Waals surface area contributed by atoms with E-state index in [2.05, 4.69) is 10.3 Å². The van der Waals surface area contributed by atoms with Crippen molar-refractivity contribution in [1.29, 1.82) is 0 Å². The molecule has 2 heteroatoms. The fourth-order valence-electron chi connectivity index (χ4n) is 0.624. The molecular formula is C11H17N2+. The lowest BCUT2D eigenvalue weighted by Gasteiger charge is -1.78. The van der Waals surface area contributed by atoms with Gasteiger partial charge >= 0.3 is 0 Å². The molecule has 0 fully saturated rings.